The van der Waals surface area contributed by atoms with E-state index in [4.69, 9.17) is 62.0 Å². The minimum Gasteiger partial charge on any atom is -0.491 e. The zero-order valence-electron chi connectivity index (χ0n) is 69.3. The molecule has 2 aliphatic heterocycles. The second-order valence-electron chi connectivity index (χ2n) is 29.4. The lowest BCUT2D eigenvalue weighted by Crippen LogP contribution is -2.57. The van der Waals surface area contributed by atoms with Crippen molar-refractivity contribution < 1.29 is 43.0 Å². The number of likely N-dealkylation sites (N-methyl/N-ethyl adjacent to an activating group) is 1. The Kier molecular flexibility index (Phi) is 33.1. The molecular weight excluding hydrogens is 1600 g/mol. The Balaban J connectivity index is 0.000000204. The zero-order valence-corrected chi connectivity index (χ0v) is 71.3. The van der Waals surface area contributed by atoms with Crippen LogP contribution in [0.25, 0.3) is 19.4 Å². The third kappa shape index (κ3) is 23.6. The first-order chi connectivity index (χ1) is 58.7. The molecule has 0 aliphatic carbocycles. The highest BCUT2D eigenvalue weighted by atomic mass is 32.1. The number of ether oxygens (including phenoxy) is 3. The van der Waals surface area contributed by atoms with Gasteiger partial charge in [0.1, 0.15) is 48.1 Å². The number of urea groups is 2. The molecule has 26 heteroatoms. The molecule has 4 atom stereocenters. The third-order valence-corrected chi connectivity index (χ3v) is 20.4. The number of aryl methyl sites for hydroxylation is 6. The van der Waals surface area contributed by atoms with Crippen LogP contribution in [-0.2, 0) is 44.0 Å². The van der Waals surface area contributed by atoms with Crippen molar-refractivity contribution in [2.45, 2.75) is 96.3 Å². The highest BCUT2D eigenvalue weighted by Crippen LogP contribution is 2.36. The Morgan fingerprint density at radius 1 is 0.476 bits per heavy atom. The molecule has 2 saturated heterocycles. The predicted octanol–water partition coefficient (Wildman–Crippen LogP) is 18.4. The molecule has 2 aliphatic rings. The molecule has 11 aromatic rings. The van der Waals surface area contributed by atoms with Gasteiger partial charge in [0.2, 0.25) is 11.8 Å². The Hall–Kier alpha value is -15.3. The maximum absolute atomic E-state index is 13.7. The highest BCUT2D eigenvalue weighted by Gasteiger charge is 2.53. The van der Waals surface area contributed by atoms with Crippen LogP contribution in [0.2, 0.25) is 0 Å². The van der Waals surface area contributed by atoms with Gasteiger partial charge in [-0.15, -0.1) is 0 Å². The Labute approximate surface area is 736 Å². The normalized spacial score (nSPS) is 14.8. The van der Waals surface area contributed by atoms with Gasteiger partial charge in [-0.25, -0.2) is 38.8 Å². The first-order valence-electron chi connectivity index (χ1n) is 38.8. The number of nitriles is 3. The Morgan fingerprint density at radius 2 is 0.879 bits per heavy atom. The number of carbonyl (C=O) groups is 6. The average molecular weight is 1690 g/mol. The Morgan fingerprint density at radius 3 is 1.31 bits per heavy atom. The van der Waals surface area contributed by atoms with Gasteiger partial charge in [-0.05, 0) is 227 Å². The third-order valence-electron chi connectivity index (χ3n) is 20.4. The second kappa shape index (κ2) is 43.6. The number of hydrogen-bond donors (Lipinski definition) is 6. The van der Waals surface area contributed by atoms with Crippen LogP contribution in [0.3, 0.4) is 0 Å². The van der Waals surface area contributed by atoms with Crippen LogP contribution < -0.4 is 56.3 Å². The maximum Gasteiger partial charge on any atom is 0.329 e. The Bertz CT molecular complexity index is 5980. The molecule has 2 fully saturated rings. The number of benzene rings is 11. The quantitative estimate of drug-likeness (QED) is 0.0229. The largest absolute Gasteiger partial charge is 0.491 e. The van der Waals surface area contributed by atoms with Gasteiger partial charge in [-0.2, -0.15) is 42.8 Å². The van der Waals surface area contributed by atoms with Gasteiger partial charge in [-0.3, -0.25) is 24.5 Å². The first-order valence-corrected chi connectivity index (χ1v) is 38.8. The number of hydrogen-bond acceptors (Lipinski definition) is 14. The molecule has 0 unspecified atom stereocenters. The molecule has 13 rings (SSSR count). The van der Waals surface area contributed by atoms with E-state index in [2.05, 4.69) is 83.2 Å². The molecule has 624 valence electrons. The van der Waals surface area contributed by atoms with Crippen molar-refractivity contribution in [3.63, 3.8) is 0 Å². The van der Waals surface area contributed by atoms with E-state index in [1.54, 1.807) is 160 Å². The van der Waals surface area contributed by atoms with Crippen LogP contribution in [0, 0.1) is 94.9 Å². The second-order valence-corrected chi connectivity index (χ2v) is 29.4. The SMILES string of the molecule is S.S.[C-]#[N+]c1ccc(N2C(=O)N[C@@](C)(COc3ccc(C#N)cc3)C2=O)cc1C.[C-]#[N+]c1ccc(N2C(=O)N[C@](COc3ccc(C#N)cc3)(Cc3ccccc3)C2=O)cc1C.[C-]#[N+]c1ccc(NC(=O)[C@@](N)(COc2ccc(C#N)cc2)Cc2ccccc2)cc1C.[C-]#[N+]c1ccc(NC(=O)[C@](CCc2ccc(C)cc2)(NCC)c2ccccc2)cc1C. The average Bonchev–Trinajstić information content (AvgIpc) is 1.63. The van der Waals surface area contributed by atoms with Gasteiger partial charge in [0.25, 0.3) is 11.8 Å². The summed E-state index contributed by atoms with van der Waals surface area (Å²) in [6.07, 6.45) is 1.91. The number of rotatable bonds is 25. The van der Waals surface area contributed by atoms with E-state index < -0.39 is 46.0 Å². The standard InChI is InChI=1S/C27H29N3O.C26H20N4O3.C25H22N4O2.C20H16N4O3.2H2S/c1-5-29-27(23-9-7-6-8-10-23,18-17-22-13-11-20(2)12-14-22)26(31)30-24-15-16-25(28-4)21(3)19-24;1-18-14-21(10-13-23(18)28-2)30-24(31)26(29-25(30)32,15-19-6-4-3-5-7-19)17-33-22-11-8-20(16-27)9-12-22;1-18-14-21(10-13-23(18)28-2)29-24(30)25(27,15-19-6-4-3-5-7-19)17-31-22-11-8-20(16-26)9-12-22;1-13-10-15(6-9-17(13)22-3)24-18(25)20(2,23-19(24)26)12-27-16-7-4-14(11-21)5-8-16;;/h6-16,19,29H,5,17-18H2,1-3H3,(H,30,31);3-14H,15,17H2,1H3,(H,29,32);3-14H,15,17,27H2,1H3,(H,29,30);4-10H,12H2,1-2H3,(H,23,26);2*1H2/t27-;26-;25-;20-;;/m1000../s1. The minimum absolute atomic E-state index is 0. The lowest BCUT2D eigenvalue weighted by atomic mass is 9.82. The summed E-state index contributed by atoms with van der Waals surface area (Å²) >= 11 is 0. The molecule has 24 nitrogen and oxygen atoms in total. The molecule has 0 radical (unpaired) electrons. The van der Waals surface area contributed by atoms with Crippen LogP contribution in [0.15, 0.2) is 261 Å². The highest BCUT2D eigenvalue weighted by molar-refractivity contribution is 7.59. The van der Waals surface area contributed by atoms with Crippen molar-refractivity contribution in [3.05, 3.63) is 373 Å². The summed E-state index contributed by atoms with van der Waals surface area (Å²) in [7, 11) is 0. The number of nitrogens with one attached hydrogen (secondary N) is 5. The zero-order chi connectivity index (χ0) is 87.6. The first kappa shape index (κ1) is 94.2. The van der Waals surface area contributed by atoms with Gasteiger partial charge in [0, 0.05) is 24.2 Å². The monoisotopic (exact) mass is 1690 g/mol. The molecule has 8 amide bonds. The molecule has 2 heterocycles. The molecule has 0 spiro atoms. The number of carbonyl (C=O) groups excluding carboxylic acids is 6. The fourth-order valence-corrected chi connectivity index (χ4v) is 13.6. The fourth-order valence-electron chi connectivity index (χ4n) is 13.6. The van der Waals surface area contributed by atoms with E-state index in [1.165, 1.54) is 11.1 Å². The van der Waals surface area contributed by atoms with E-state index in [1.807, 2.05) is 130 Å². The number of imide groups is 2. The smallest absolute Gasteiger partial charge is 0.329 e. The summed E-state index contributed by atoms with van der Waals surface area (Å²) < 4.78 is 17.4. The van der Waals surface area contributed by atoms with Gasteiger partial charge < -0.3 is 41.2 Å². The number of nitrogens with zero attached hydrogens (tertiary/aromatic N) is 9. The molecule has 0 saturated carbocycles. The topological polar surface area (TPSA) is 312 Å². The number of nitrogens with two attached hydrogens (primary N) is 1. The molecule has 11 aromatic carbocycles. The van der Waals surface area contributed by atoms with E-state index in [-0.39, 0.29) is 71.5 Å². The summed E-state index contributed by atoms with van der Waals surface area (Å²) in [6, 6.07) is 82.1. The molecule has 0 bridgehead atoms. The van der Waals surface area contributed by atoms with Crippen molar-refractivity contribution in [3.8, 4) is 35.5 Å². The number of anilines is 4. The van der Waals surface area contributed by atoms with Crippen LogP contribution in [-0.4, -0.2) is 78.7 Å². The van der Waals surface area contributed by atoms with Crippen molar-refractivity contribution >= 4 is 108 Å². The van der Waals surface area contributed by atoms with Crippen LogP contribution in [0.5, 0.6) is 17.2 Å². The summed E-state index contributed by atoms with van der Waals surface area (Å²) in [5, 5.41) is 41.7. The summed E-state index contributed by atoms with van der Waals surface area (Å²) in [5.41, 5.74) is 15.6. The molecule has 7 N–H and O–H groups in total. The van der Waals surface area contributed by atoms with Gasteiger partial charge in [0.05, 0.1) is 72.6 Å². The van der Waals surface area contributed by atoms with Crippen LogP contribution >= 0.6 is 27.0 Å². The lowest BCUT2D eigenvalue weighted by molar-refractivity contribution is -0.123. The fraction of sp³-hybridized carbons (Fsp3) is 0.194. The van der Waals surface area contributed by atoms with Crippen LogP contribution in [0.1, 0.15) is 87.0 Å². The minimum atomic E-state index is -1.35. The molecular formula is C98H91N15O9S2. The molecule has 124 heavy (non-hydrogen) atoms. The van der Waals surface area contributed by atoms with Gasteiger partial charge >= 0.3 is 12.1 Å². The van der Waals surface area contributed by atoms with Crippen molar-refractivity contribution in [1.82, 2.24) is 16.0 Å². The van der Waals surface area contributed by atoms with Crippen molar-refractivity contribution in [2.75, 3.05) is 46.8 Å². The van der Waals surface area contributed by atoms with Crippen molar-refractivity contribution in [1.29, 1.82) is 15.8 Å². The summed E-state index contributed by atoms with van der Waals surface area (Å²) in [6.45, 7) is 42.1. The van der Waals surface area contributed by atoms with E-state index in [0.29, 0.717) is 104 Å². The molecule has 0 aromatic heterocycles. The van der Waals surface area contributed by atoms with Crippen molar-refractivity contribution in [2.24, 2.45) is 5.73 Å². The predicted molar refractivity (Wildman–Crippen MR) is 489 cm³/mol. The summed E-state index contributed by atoms with van der Waals surface area (Å²) in [4.78, 5) is 94.9. The van der Waals surface area contributed by atoms with E-state index in [0.717, 1.165) is 44.0 Å². The van der Waals surface area contributed by atoms with Gasteiger partial charge in [-0.1, -0.05) is 152 Å². The lowest BCUT2D eigenvalue weighted by Gasteiger charge is -2.34. The van der Waals surface area contributed by atoms with E-state index >= 15 is 0 Å². The van der Waals surface area contributed by atoms with Gasteiger partial charge in [0.15, 0.2) is 33.8 Å². The van der Waals surface area contributed by atoms with Crippen LogP contribution in [0.4, 0.5) is 55.1 Å². The summed E-state index contributed by atoms with van der Waals surface area (Å²) in [5.74, 6) is 0.151. The number of amides is 8. The van der Waals surface area contributed by atoms with E-state index in [9.17, 15) is 28.8 Å². The maximum atomic E-state index is 13.7.